The summed E-state index contributed by atoms with van der Waals surface area (Å²) in [6, 6.07) is 2.16. The van der Waals surface area contributed by atoms with Gasteiger partial charge in [0.2, 0.25) is 0 Å². The fourth-order valence-corrected chi connectivity index (χ4v) is 4.17. The zero-order chi connectivity index (χ0) is 17.2. The standard InChI is InChI=1S/C20H26N4O/c1-14-9-15(11-21-10-14)12-24-8-7-18-17(13-24)20(25)23-19(22-18)16-5-3-2-4-6-16/h9-11,16H,2-8,12-13H2,1H3,(H,22,23,25). The first kappa shape index (κ1) is 16.5. The molecule has 0 atom stereocenters. The van der Waals surface area contributed by atoms with Crippen LogP contribution < -0.4 is 5.56 Å². The lowest BCUT2D eigenvalue weighted by molar-refractivity contribution is 0.240. The minimum Gasteiger partial charge on any atom is -0.310 e. The summed E-state index contributed by atoms with van der Waals surface area (Å²) in [4.78, 5) is 27.2. The lowest BCUT2D eigenvalue weighted by Crippen LogP contribution is -2.36. The lowest BCUT2D eigenvalue weighted by Gasteiger charge is -2.29. The van der Waals surface area contributed by atoms with Crippen molar-refractivity contribution in [3.63, 3.8) is 0 Å². The first-order valence-electron chi connectivity index (χ1n) is 9.44. The van der Waals surface area contributed by atoms with E-state index in [2.05, 4.69) is 27.9 Å². The Morgan fingerprint density at radius 1 is 1.24 bits per heavy atom. The molecule has 0 radical (unpaired) electrons. The number of hydrogen-bond acceptors (Lipinski definition) is 4. The van der Waals surface area contributed by atoms with Crippen LogP contribution in [0, 0.1) is 6.92 Å². The van der Waals surface area contributed by atoms with Crippen LogP contribution in [0.3, 0.4) is 0 Å². The number of pyridine rings is 1. The van der Waals surface area contributed by atoms with Gasteiger partial charge in [0, 0.05) is 44.4 Å². The quantitative estimate of drug-likeness (QED) is 0.934. The molecule has 0 aromatic carbocycles. The van der Waals surface area contributed by atoms with E-state index in [1.165, 1.54) is 30.4 Å². The third-order valence-electron chi connectivity index (χ3n) is 5.50. The van der Waals surface area contributed by atoms with Crippen molar-refractivity contribution in [2.45, 2.75) is 64.5 Å². The summed E-state index contributed by atoms with van der Waals surface area (Å²) in [6.07, 6.45) is 10.8. The highest BCUT2D eigenvalue weighted by Crippen LogP contribution is 2.30. The van der Waals surface area contributed by atoms with Crippen LogP contribution in [0.5, 0.6) is 0 Å². The summed E-state index contributed by atoms with van der Waals surface area (Å²) in [5.74, 6) is 1.38. The number of rotatable bonds is 3. The van der Waals surface area contributed by atoms with Gasteiger partial charge in [-0.3, -0.25) is 14.7 Å². The number of hydrogen-bond donors (Lipinski definition) is 1. The number of aryl methyl sites for hydroxylation is 1. The van der Waals surface area contributed by atoms with Gasteiger partial charge in [-0.2, -0.15) is 0 Å². The van der Waals surface area contributed by atoms with Crippen molar-refractivity contribution in [2.24, 2.45) is 0 Å². The van der Waals surface area contributed by atoms with E-state index in [0.29, 0.717) is 12.5 Å². The molecule has 1 saturated carbocycles. The summed E-state index contributed by atoms with van der Waals surface area (Å²) in [5, 5.41) is 0. The van der Waals surface area contributed by atoms with Crippen LogP contribution in [-0.4, -0.2) is 26.4 Å². The second kappa shape index (κ2) is 7.08. The second-order valence-electron chi connectivity index (χ2n) is 7.54. The summed E-state index contributed by atoms with van der Waals surface area (Å²) in [7, 11) is 0. The molecule has 1 aliphatic heterocycles. The van der Waals surface area contributed by atoms with Crippen LogP contribution in [0.25, 0.3) is 0 Å². The zero-order valence-corrected chi connectivity index (χ0v) is 14.9. The zero-order valence-electron chi connectivity index (χ0n) is 14.9. The Morgan fingerprint density at radius 3 is 2.88 bits per heavy atom. The maximum absolute atomic E-state index is 12.6. The fourth-order valence-electron chi connectivity index (χ4n) is 4.17. The number of nitrogens with one attached hydrogen (secondary N) is 1. The first-order chi connectivity index (χ1) is 12.2. The minimum absolute atomic E-state index is 0.0673. The molecule has 0 spiro atoms. The van der Waals surface area contributed by atoms with Crippen LogP contribution >= 0.6 is 0 Å². The molecular formula is C20H26N4O. The van der Waals surface area contributed by atoms with Crippen molar-refractivity contribution in [1.82, 2.24) is 19.9 Å². The van der Waals surface area contributed by atoms with E-state index in [4.69, 9.17) is 4.98 Å². The molecule has 2 aromatic heterocycles. The van der Waals surface area contributed by atoms with Crippen LogP contribution in [0.1, 0.15) is 66.2 Å². The van der Waals surface area contributed by atoms with E-state index >= 15 is 0 Å². The molecule has 25 heavy (non-hydrogen) atoms. The average molecular weight is 338 g/mol. The van der Waals surface area contributed by atoms with E-state index in [1.807, 2.05) is 12.4 Å². The molecule has 132 valence electrons. The van der Waals surface area contributed by atoms with Gasteiger partial charge in [0.05, 0.1) is 11.3 Å². The van der Waals surface area contributed by atoms with Gasteiger partial charge in [-0.15, -0.1) is 0 Å². The molecule has 0 unspecified atom stereocenters. The van der Waals surface area contributed by atoms with Crippen molar-refractivity contribution in [1.29, 1.82) is 0 Å². The Bertz CT molecular complexity index is 808. The Hall–Kier alpha value is -2.01. The van der Waals surface area contributed by atoms with Crippen LogP contribution in [0.15, 0.2) is 23.3 Å². The van der Waals surface area contributed by atoms with Crippen molar-refractivity contribution in [3.8, 4) is 0 Å². The predicted molar refractivity (Wildman–Crippen MR) is 97.5 cm³/mol. The molecule has 4 rings (SSSR count). The van der Waals surface area contributed by atoms with E-state index in [9.17, 15) is 4.79 Å². The van der Waals surface area contributed by atoms with Gasteiger partial charge < -0.3 is 4.98 Å². The van der Waals surface area contributed by atoms with Gasteiger partial charge in [-0.1, -0.05) is 25.3 Å². The van der Waals surface area contributed by atoms with Crippen LogP contribution in [0.2, 0.25) is 0 Å². The van der Waals surface area contributed by atoms with Crippen molar-refractivity contribution < 1.29 is 0 Å². The molecule has 1 N–H and O–H groups in total. The Morgan fingerprint density at radius 2 is 2.08 bits per heavy atom. The van der Waals surface area contributed by atoms with E-state index in [1.54, 1.807) is 0 Å². The van der Waals surface area contributed by atoms with Gasteiger partial charge in [0.1, 0.15) is 5.82 Å². The van der Waals surface area contributed by atoms with E-state index < -0.39 is 0 Å². The Labute approximate surface area is 148 Å². The van der Waals surface area contributed by atoms with E-state index in [0.717, 1.165) is 49.4 Å². The number of H-pyrrole nitrogens is 1. The lowest BCUT2D eigenvalue weighted by atomic mass is 9.88. The normalized spacial score (nSPS) is 18.9. The maximum Gasteiger partial charge on any atom is 0.255 e. The molecular weight excluding hydrogens is 312 g/mol. The number of nitrogens with zero attached hydrogens (tertiary/aromatic N) is 3. The molecule has 2 aliphatic rings. The van der Waals surface area contributed by atoms with Gasteiger partial charge in [0.15, 0.2) is 0 Å². The van der Waals surface area contributed by atoms with Crippen LogP contribution in [-0.2, 0) is 19.5 Å². The minimum atomic E-state index is 0.0673. The van der Waals surface area contributed by atoms with Gasteiger partial charge >= 0.3 is 0 Å². The molecule has 0 saturated heterocycles. The number of aromatic nitrogens is 3. The highest BCUT2D eigenvalue weighted by molar-refractivity contribution is 5.23. The molecule has 5 nitrogen and oxygen atoms in total. The number of aromatic amines is 1. The molecule has 0 amide bonds. The van der Waals surface area contributed by atoms with Gasteiger partial charge in [0.25, 0.3) is 5.56 Å². The van der Waals surface area contributed by atoms with E-state index in [-0.39, 0.29) is 5.56 Å². The van der Waals surface area contributed by atoms with Crippen molar-refractivity contribution in [2.75, 3.05) is 6.54 Å². The second-order valence-corrected chi connectivity index (χ2v) is 7.54. The van der Waals surface area contributed by atoms with Crippen LogP contribution in [0.4, 0.5) is 0 Å². The Kier molecular flexibility index (Phi) is 4.66. The first-order valence-corrected chi connectivity index (χ1v) is 9.44. The SMILES string of the molecule is Cc1cncc(CN2CCc3nc(C4CCCCC4)[nH]c(=O)c3C2)c1. The smallest absolute Gasteiger partial charge is 0.255 e. The third-order valence-corrected chi connectivity index (χ3v) is 5.50. The molecule has 5 heteroatoms. The fraction of sp³-hybridized carbons (Fsp3) is 0.550. The molecule has 0 bridgehead atoms. The largest absolute Gasteiger partial charge is 0.310 e. The van der Waals surface area contributed by atoms with Crippen molar-refractivity contribution in [3.05, 3.63) is 57.0 Å². The van der Waals surface area contributed by atoms with Gasteiger partial charge in [-0.25, -0.2) is 4.98 Å². The van der Waals surface area contributed by atoms with Gasteiger partial charge in [-0.05, 0) is 30.9 Å². The summed E-state index contributed by atoms with van der Waals surface area (Å²) >= 11 is 0. The molecule has 1 fully saturated rings. The molecule has 2 aromatic rings. The Balaban J connectivity index is 1.52. The maximum atomic E-state index is 12.6. The van der Waals surface area contributed by atoms with Crippen molar-refractivity contribution >= 4 is 0 Å². The predicted octanol–water partition coefficient (Wildman–Crippen LogP) is 3.08. The highest BCUT2D eigenvalue weighted by Gasteiger charge is 2.24. The average Bonchev–Trinajstić information content (AvgIpc) is 2.63. The topological polar surface area (TPSA) is 61.9 Å². The summed E-state index contributed by atoms with van der Waals surface area (Å²) in [5.41, 5.74) is 4.31. The molecule has 3 heterocycles. The third kappa shape index (κ3) is 3.66. The number of fused-ring (bicyclic) bond motifs is 1. The summed E-state index contributed by atoms with van der Waals surface area (Å²) in [6.45, 7) is 4.51. The highest BCUT2D eigenvalue weighted by atomic mass is 16.1. The molecule has 1 aliphatic carbocycles. The monoisotopic (exact) mass is 338 g/mol. The summed E-state index contributed by atoms with van der Waals surface area (Å²) < 4.78 is 0.